The van der Waals surface area contributed by atoms with Crippen molar-refractivity contribution in [2.75, 3.05) is 43.1 Å². The molecular weight excluding hydrogens is 456 g/mol. The summed E-state index contributed by atoms with van der Waals surface area (Å²) >= 11 is 0. The molecule has 3 aromatic rings. The van der Waals surface area contributed by atoms with Crippen molar-refractivity contribution in [3.05, 3.63) is 59.4 Å². The summed E-state index contributed by atoms with van der Waals surface area (Å²) in [5.74, 6) is 0.216. The monoisotopic (exact) mass is 486 g/mol. The maximum atomic E-state index is 13.0. The number of carbonyl (C=O) groups excluding carboxylic acids is 1. The number of aromatic nitrogens is 3. The molecular formula is C27H30N6O3. The summed E-state index contributed by atoms with van der Waals surface area (Å²) in [5, 5.41) is 21.2. The third kappa shape index (κ3) is 5.44. The van der Waals surface area contributed by atoms with Crippen LogP contribution >= 0.6 is 0 Å². The Labute approximate surface area is 211 Å². The van der Waals surface area contributed by atoms with Crippen LogP contribution in [0.15, 0.2) is 42.6 Å². The van der Waals surface area contributed by atoms with E-state index in [1.807, 2.05) is 38.1 Å². The van der Waals surface area contributed by atoms with Crippen molar-refractivity contribution in [2.45, 2.75) is 33.1 Å². The Morgan fingerprint density at radius 2 is 1.97 bits per heavy atom. The van der Waals surface area contributed by atoms with E-state index in [9.17, 15) is 10.1 Å². The third-order valence-corrected chi connectivity index (χ3v) is 6.09. The van der Waals surface area contributed by atoms with E-state index in [0.29, 0.717) is 48.3 Å². The highest BCUT2D eigenvalue weighted by molar-refractivity contribution is 6.04. The number of hydrogen-bond acceptors (Lipinski definition) is 8. The van der Waals surface area contributed by atoms with E-state index in [1.165, 1.54) is 0 Å². The number of nitriles is 1. The Balaban J connectivity index is 1.63. The second kappa shape index (κ2) is 10.7. The number of rotatable bonds is 7. The number of nitrogens with one attached hydrogen (secondary N) is 1. The van der Waals surface area contributed by atoms with E-state index in [0.717, 1.165) is 29.9 Å². The Morgan fingerprint density at radius 3 is 2.69 bits per heavy atom. The van der Waals surface area contributed by atoms with Gasteiger partial charge >= 0.3 is 0 Å². The number of benzene rings is 1. The van der Waals surface area contributed by atoms with Crippen LogP contribution in [-0.4, -0.2) is 54.0 Å². The van der Waals surface area contributed by atoms with Gasteiger partial charge in [0, 0.05) is 36.1 Å². The largest absolute Gasteiger partial charge is 0.475 e. The summed E-state index contributed by atoms with van der Waals surface area (Å²) in [4.78, 5) is 19.5. The molecule has 1 N–H and O–H groups in total. The van der Waals surface area contributed by atoms with Crippen LogP contribution in [0.2, 0.25) is 0 Å². The molecule has 2 aromatic heterocycles. The van der Waals surface area contributed by atoms with Crippen LogP contribution in [0.5, 0.6) is 5.88 Å². The molecule has 3 heterocycles. The zero-order valence-electron chi connectivity index (χ0n) is 21.0. The van der Waals surface area contributed by atoms with Crippen molar-refractivity contribution in [3.63, 3.8) is 0 Å². The SMILES string of the molecule is CCOc1nnc(-c2cc(NC(=O)c3ccnc(C(C)(C)C#N)c3)ccc2C)cc1N1CCOCC1. The Bertz CT molecular complexity index is 1290. The lowest BCUT2D eigenvalue weighted by molar-refractivity contribution is 0.102. The lowest BCUT2D eigenvalue weighted by Crippen LogP contribution is -2.36. The quantitative estimate of drug-likeness (QED) is 0.530. The maximum Gasteiger partial charge on any atom is 0.257 e. The van der Waals surface area contributed by atoms with E-state index in [1.54, 1.807) is 32.2 Å². The van der Waals surface area contributed by atoms with Crippen molar-refractivity contribution in [1.29, 1.82) is 5.26 Å². The van der Waals surface area contributed by atoms with Crippen LogP contribution < -0.4 is 15.0 Å². The average Bonchev–Trinajstić information content (AvgIpc) is 2.91. The van der Waals surface area contributed by atoms with Gasteiger partial charge in [-0.3, -0.25) is 9.78 Å². The van der Waals surface area contributed by atoms with Gasteiger partial charge in [-0.15, -0.1) is 10.2 Å². The third-order valence-electron chi connectivity index (χ3n) is 6.09. The first-order chi connectivity index (χ1) is 17.3. The average molecular weight is 487 g/mol. The fourth-order valence-electron chi connectivity index (χ4n) is 3.92. The summed E-state index contributed by atoms with van der Waals surface area (Å²) in [6.07, 6.45) is 1.55. The molecule has 0 bridgehead atoms. The van der Waals surface area contributed by atoms with Gasteiger partial charge in [0.15, 0.2) is 0 Å². The highest BCUT2D eigenvalue weighted by Gasteiger charge is 2.23. The van der Waals surface area contributed by atoms with Crippen LogP contribution in [0.4, 0.5) is 11.4 Å². The number of amides is 1. The molecule has 1 saturated heterocycles. The van der Waals surface area contributed by atoms with Gasteiger partial charge < -0.3 is 19.7 Å². The minimum Gasteiger partial charge on any atom is -0.475 e. The minimum atomic E-state index is -0.794. The molecule has 1 amide bonds. The Hall–Kier alpha value is -4.03. The second-order valence-corrected chi connectivity index (χ2v) is 9.10. The highest BCUT2D eigenvalue weighted by atomic mass is 16.5. The maximum absolute atomic E-state index is 13.0. The van der Waals surface area contributed by atoms with Gasteiger partial charge in [-0.05, 0) is 63.6 Å². The zero-order valence-corrected chi connectivity index (χ0v) is 21.0. The first-order valence-corrected chi connectivity index (χ1v) is 12.0. The minimum absolute atomic E-state index is 0.283. The van der Waals surface area contributed by atoms with Crippen molar-refractivity contribution in [2.24, 2.45) is 0 Å². The van der Waals surface area contributed by atoms with Gasteiger partial charge in [-0.25, -0.2) is 0 Å². The molecule has 0 atom stereocenters. The van der Waals surface area contributed by atoms with Crippen LogP contribution in [0.1, 0.15) is 42.4 Å². The van der Waals surface area contributed by atoms with E-state index in [2.05, 4.69) is 31.5 Å². The molecule has 9 nitrogen and oxygen atoms in total. The van der Waals surface area contributed by atoms with Crippen LogP contribution in [-0.2, 0) is 10.2 Å². The molecule has 1 aliphatic rings. The molecule has 0 saturated carbocycles. The fourth-order valence-corrected chi connectivity index (χ4v) is 3.92. The second-order valence-electron chi connectivity index (χ2n) is 9.10. The number of hydrogen-bond donors (Lipinski definition) is 1. The molecule has 4 rings (SSSR count). The number of morpholine rings is 1. The Kier molecular flexibility index (Phi) is 7.46. The van der Waals surface area contributed by atoms with Gasteiger partial charge in [-0.1, -0.05) is 6.07 Å². The number of aryl methyl sites for hydroxylation is 1. The van der Waals surface area contributed by atoms with Crippen LogP contribution in [0.25, 0.3) is 11.3 Å². The molecule has 1 aliphatic heterocycles. The van der Waals surface area contributed by atoms with Crippen molar-refractivity contribution in [1.82, 2.24) is 15.2 Å². The number of nitrogens with zero attached hydrogens (tertiary/aromatic N) is 5. The molecule has 0 radical (unpaired) electrons. The number of ether oxygens (including phenoxy) is 2. The van der Waals surface area contributed by atoms with Gasteiger partial charge in [0.1, 0.15) is 5.69 Å². The first-order valence-electron chi connectivity index (χ1n) is 12.0. The number of anilines is 2. The van der Waals surface area contributed by atoms with Crippen molar-refractivity contribution in [3.8, 4) is 23.2 Å². The summed E-state index contributed by atoms with van der Waals surface area (Å²) in [7, 11) is 0. The molecule has 0 unspecified atom stereocenters. The molecule has 0 aliphatic carbocycles. The van der Waals surface area contributed by atoms with E-state index < -0.39 is 5.41 Å². The standard InChI is InChI=1S/C27H30N6O3/c1-5-36-26-23(33-10-12-35-13-11-33)16-22(31-32-26)21-15-20(7-6-18(21)2)30-25(34)19-8-9-29-24(14-19)27(3,4)17-28/h6-9,14-16H,5,10-13H2,1-4H3,(H,30,34). The highest BCUT2D eigenvalue weighted by Crippen LogP contribution is 2.33. The first kappa shape index (κ1) is 25.1. The molecule has 1 fully saturated rings. The smallest absolute Gasteiger partial charge is 0.257 e. The summed E-state index contributed by atoms with van der Waals surface area (Å²) < 4.78 is 11.2. The molecule has 9 heteroatoms. The number of pyridine rings is 1. The van der Waals surface area contributed by atoms with Gasteiger partial charge in [0.25, 0.3) is 11.8 Å². The van der Waals surface area contributed by atoms with Crippen molar-refractivity contribution >= 4 is 17.3 Å². The topological polar surface area (TPSA) is 113 Å². The fraction of sp³-hybridized carbons (Fsp3) is 0.370. The van der Waals surface area contributed by atoms with E-state index in [-0.39, 0.29) is 5.91 Å². The van der Waals surface area contributed by atoms with Crippen LogP contribution in [0.3, 0.4) is 0 Å². The van der Waals surface area contributed by atoms with Crippen molar-refractivity contribution < 1.29 is 14.3 Å². The predicted octanol–water partition coefficient (Wildman–Crippen LogP) is 4.14. The van der Waals surface area contributed by atoms with E-state index in [4.69, 9.17) is 9.47 Å². The Morgan fingerprint density at radius 1 is 1.19 bits per heavy atom. The van der Waals surface area contributed by atoms with Gasteiger partial charge in [0.2, 0.25) is 0 Å². The van der Waals surface area contributed by atoms with Gasteiger partial charge in [0.05, 0.1) is 42.7 Å². The molecule has 1 aromatic carbocycles. The lowest BCUT2D eigenvalue weighted by Gasteiger charge is -2.29. The normalized spacial score (nSPS) is 13.7. The van der Waals surface area contributed by atoms with Gasteiger partial charge in [-0.2, -0.15) is 5.26 Å². The summed E-state index contributed by atoms with van der Waals surface area (Å²) in [6, 6.07) is 13.2. The zero-order chi connectivity index (χ0) is 25.7. The van der Waals surface area contributed by atoms with Crippen LogP contribution in [0, 0.1) is 18.3 Å². The molecule has 0 spiro atoms. The summed E-state index contributed by atoms with van der Waals surface area (Å²) in [6.45, 7) is 10.7. The summed E-state index contributed by atoms with van der Waals surface area (Å²) in [5.41, 5.74) is 4.24. The molecule has 186 valence electrons. The lowest BCUT2D eigenvalue weighted by atomic mass is 9.90. The molecule has 36 heavy (non-hydrogen) atoms. The van der Waals surface area contributed by atoms with E-state index >= 15 is 0 Å². The predicted molar refractivity (Wildman–Crippen MR) is 137 cm³/mol. The number of carbonyl (C=O) groups is 1.